The Balaban J connectivity index is 1.60. The Morgan fingerprint density at radius 3 is 2.50 bits per heavy atom. The molecule has 126 valence electrons. The first-order valence-electron chi connectivity index (χ1n) is 7.77. The van der Waals surface area contributed by atoms with Gasteiger partial charge in [-0.1, -0.05) is 16.8 Å². The van der Waals surface area contributed by atoms with Crippen molar-refractivity contribution in [1.82, 2.24) is 25.2 Å². The molecule has 0 bridgehead atoms. The van der Waals surface area contributed by atoms with Crippen LogP contribution in [0.3, 0.4) is 0 Å². The number of aromatic nitrogens is 3. The van der Waals surface area contributed by atoms with E-state index in [-0.39, 0.29) is 23.6 Å². The molecular formula is C16H18ClN5O2. The van der Waals surface area contributed by atoms with Gasteiger partial charge in [0.05, 0.1) is 11.9 Å². The highest BCUT2D eigenvalue weighted by Gasteiger charge is 2.23. The molecule has 1 fully saturated rings. The number of likely N-dealkylation sites (tertiary alicyclic amines) is 1. The number of benzene rings is 1. The van der Waals surface area contributed by atoms with Crippen LogP contribution in [0.4, 0.5) is 0 Å². The fourth-order valence-corrected chi connectivity index (χ4v) is 2.81. The van der Waals surface area contributed by atoms with E-state index in [0.717, 1.165) is 18.5 Å². The van der Waals surface area contributed by atoms with Gasteiger partial charge in [0.1, 0.15) is 0 Å². The number of nitrogens with zero attached hydrogens (tertiary/aromatic N) is 4. The number of amides is 2. The maximum absolute atomic E-state index is 12.3. The molecule has 1 saturated heterocycles. The van der Waals surface area contributed by atoms with Crippen molar-refractivity contribution in [2.45, 2.75) is 25.8 Å². The summed E-state index contributed by atoms with van der Waals surface area (Å²) >= 11 is 5.86. The molecule has 8 heteroatoms. The van der Waals surface area contributed by atoms with E-state index in [0.29, 0.717) is 18.1 Å². The molecule has 0 spiro atoms. The third-order valence-corrected chi connectivity index (χ3v) is 4.34. The quantitative estimate of drug-likeness (QED) is 0.915. The van der Waals surface area contributed by atoms with Crippen molar-refractivity contribution >= 4 is 23.4 Å². The largest absolute Gasteiger partial charge is 0.348 e. The van der Waals surface area contributed by atoms with Crippen LogP contribution in [0.2, 0.25) is 5.02 Å². The lowest BCUT2D eigenvalue weighted by atomic mass is 10.0. The topological polar surface area (TPSA) is 80.1 Å². The Labute approximate surface area is 144 Å². The van der Waals surface area contributed by atoms with Crippen molar-refractivity contribution in [3.8, 4) is 5.69 Å². The molecule has 1 aromatic heterocycles. The lowest BCUT2D eigenvalue weighted by molar-refractivity contribution is -0.129. The molecule has 0 aliphatic carbocycles. The molecule has 1 aliphatic rings. The van der Waals surface area contributed by atoms with Crippen LogP contribution in [0.1, 0.15) is 30.3 Å². The first-order valence-corrected chi connectivity index (χ1v) is 8.15. The summed E-state index contributed by atoms with van der Waals surface area (Å²) < 4.78 is 1.53. The minimum atomic E-state index is -0.253. The molecule has 0 atom stereocenters. The van der Waals surface area contributed by atoms with E-state index < -0.39 is 0 Å². The van der Waals surface area contributed by atoms with E-state index in [1.165, 1.54) is 4.68 Å². The van der Waals surface area contributed by atoms with Crippen molar-refractivity contribution in [3.05, 3.63) is 41.2 Å². The van der Waals surface area contributed by atoms with Crippen molar-refractivity contribution < 1.29 is 9.59 Å². The van der Waals surface area contributed by atoms with Crippen LogP contribution in [0.25, 0.3) is 5.69 Å². The average molecular weight is 348 g/mol. The Hall–Kier alpha value is -2.41. The van der Waals surface area contributed by atoms with Crippen molar-refractivity contribution in [2.24, 2.45) is 0 Å². The monoisotopic (exact) mass is 347 g/mol. The number of carbonyl (C=O) groups is 2. The highest BCUT2D eigenvalue weighted by molar-refractivity contribution is 6.30. The normalized spacial score (nSPS) is 15.3. The number of hydrogen-bond acceptors (Lipinski definition) is 4. The van der Waals surface area contributed by atoms with Gasteiger partial charge >= 0.3 is 0 Å². The summed E-state index contributed by atoms with van der Waals surface area (Å²) in [5.41, 5.74) is 1.04. The number of nitrogens with one attached hydrogen (secondary N) is 1. The molecule has 1 aliphatic heterocycles. The predicted octanol–water partition coefficient (Wildman–Crippen LogP) is 1.66. The summed E-state index contributed by atoms with van der Waals surface area (Å²) in [6, 6.07) is 7.16. The Bertz CT molecular complexity index is 735. The van der Waals surface area contributed by atoms with E-state index in [2.05, 4.69) is 15.6 Å². The predicted molar refractivity (Wildman–Crippen MR) is 89.1 cm³/mol. The summed E-state index contributed by atoms with van der Waals surface area (Å²) in [6.45, 7) is 2.89. The maximum atomic E-state index is 12.3. The van der Waals surface area contributed by atoms with E-state index in [9.17, 15) is 9.59 Å². The molecule has 7 nitrogen and oxygen atoms in total. The standard InChI is InChI=1S/C16H18ClN5O2/c1-11(23)21-8-6-13(7-9-21)18-16(24)15-10-22(20-19-15)14-4-2-12(17)3-5-14/h2-5,10,13H,6-9H2,1H3,(H,18,24). The Morgan fingerprint density at radius 1 is 1.21 bits per heavy atom. The zero-order valence-corrected chi connectivity index (χ0v) is 14.0. The second-order valence-electron chi connectivity index (χ2n) is 5.78. The van der Waals surface area contributed by atoms with Crippen LogP contribution < -0.4 is 5.32 Å². The molecule has 0 unspecified atom stereocenters. The van der Waals surface area contributed by atoms with E-state index >= 15 is 0 Å². The fourth-order valence-electron chi connectivity index (χ4n) is 2.69. The molecule has 1 aromatic carbocycles. The molecule has 1 N–H and O–H groups in total. The zero-order chi connectivity index (χ0) is 17.1. The third-order valence-electron chi connectivity index (χ3n) is 4.09. The van der Waals surface area contributed by atoms with E-state index in [1.54, 1.807) is 42.3 Å². The minimum absolute atomic E-state index is 0.0498. The van der Waals surface area contributed by atoms with Crippen LogP contribution >= 0.6 is 11.6 Å². The minimum Gasteiger partial charge on any atom is -0.348 e. The second-order valence-corrected chi connectivity index (χ2v) is 6.22. The van der Waals surface area contributed by atoms with Gasteiger partial charge < -0.3 is 10.2 Å². The number of piperidine rings is 1. The van der Waals surface area contributed by atoms with Crippen molar-refractivity contribution in [1.29, 1.82) is 0 Å². The second kappa shape index (κ2) is 7.00. The van der Waals surface area contributed by atoms with Gasteiger partial charge in [-0.3, -0.25) is 9.59 Å². The number of hydrogen-bond donors (Lipinski definition) is 1. The fraction of sp³-hybridized carbons (Fsp3) is 0.375. The highest BCUT2D eigenvalue weighted by Crippen LogP contribution is 2.14. The first kappa shape index (κ1) is 16.4. The molecule has 2 heterocycles. The van der Waals surface area contributed by atoms with Gasteiger partial charge in [0.2, 0.25) is 5.91 Å². The van der Waals surface area contributed by atoms with E-state index in [1.807, 2.05) is 0 Å². The van der Waals surface area contributed by atoms with Gasteiger partial charge in [-0.05, 0) is 37.1 Å². The first-order chi connectivity index (χ1) is 11.5. The summed E-state index contributed by atoms with van der Waals surface area (Å²) in [5, 5.41) is 11.5. The Kier molecular flexibility index (Phi) is 4.80. The third kappa shape index (κ3) is 3.73. The summed E-state index contributed by atoms with van der Waals surface area (Å²) in [4.78, 5) is 25.4. The van der Waals surface area contributed by atoms with Crippen LogP contribution in [-0.2, 0) is 4.79 Å². The zero-order valence-electron chi connectivity index (χ0n) is 13.3. The van der Waals surface area contributed by atoms with Crippen molar-refractivity contribution in [2.75, 3.05) is 13.1 Å². The lowest BCUT2D eigenvalue weighted by Gasteiger charge is -2.31. The summed E-state index contributed by atoms with van der Waals surface area (Å²) in [6.07, 6.45) is 3.08. The van der Waals surface area contributed by atoms with E-state index in [4.69, 9.17) is 11.6 Å². The molecule has 2 aromatic rings. The van der Waals surface area contributed by atoms with Gasteiger partial charge in [0.15, 0.2) is 5.69 Å². The van der Waals surface area contributed by atoms with Crippen LogP contribution in [0.5, 0.6) is 0 Å². The van der Waals surface area contributed by atoms with Crippen LogP contribution in [0.15, 0.2) is 30.5 Å². The smallest absolute Gasteiger partial charge is 0.273 e. The Morgan fingerprint density at radius 2 is 1.88 bits per heavy atom. The lowest BCUT2D eigenvalue weighted by Crippen LogP contribution is -2.46. The van der Waals surface area contributed by atoms with Crippen molar-refractivity contribution in [3.63, 3.8) is 0 Å². The molecule has 2 amide bonds. The maximum Gasteiger partial charge on any atom is 0.273 e. The van der Waals surface area contributed by atoms with Gasteiger partial charge in [0.25, 0.3) is 5.91 Å². The number of rotatable bonds is 3. The van der Waals surface area contributed by atoms with Gasteiger partial charge in [-0.2, -0.15) is 0 Å². The van der Waals surface area contributed by atoms with Gasteiger partial charge in [0, 0.05) is 31.1 Å². The van der Waals surface area contributed by atoms with Crippen LogP contribution in [0, 0.1) is 0 Å². The molecule has 24 heavy (non-hydrogen) atoms. The van der Waals surface area contributed by atoms with Crippen LogP contribution in [-0.4, -0.2) is 50.8 Å². The van der Waals surface area contributed by atoms with Gasteiger partial charge in [-0.25, -0.2) is 4.68 Å². The molecule has 0 radical (unpaired) electrons. The molecular weight excluding hydrogens is 330 g/mol. The SMILES string of the molecule is CC(=O)N1CCC(NC(=O)c2cn(-c3ccc(Cl)cc3)nn2)CC1. The summed E-state index contributed by atoms with van der Waals surface area (Å²) in [5.74, 6) is -0.179. The average Bonchev–Trinajstić information content (AvgIpc) is 3.06. The highest BCUT2D eigenvalue weighted by atomic mass is 35.5. The summed E-state index contributed by atoms with van der Waals surface area (Å²) in [7, 11) is 0. The number of halogens is 1. The number of carbonyl (C=O) groups excluding carboxylic acids is 2. The molecule has 3 rings (SSSR count). The van der Waals surface area contributed by atoms with Gasteiger partial charge in [-0.15, -0.1) is 5.10 Å². The molecule has 0 saturated carbocycles.